The molecular weight excluding hydrogens is 332 g/mol. The highest BCUT2D eigenvalue weighted by Crippen LogP contribution is 2.32. The van der Waals surface area contributed by atoms with Gasteiger partial charge in [0.15, 0.2) is 0 Å². The molecule has 1 saturated heterocycles. The molecule has 2 amide bonds. The molecule has 0 aromatic carbocycles. The van der Waals surface area contributed by atoms with Crippen molar-refractivity contribution >= 4 is 12.0 Å². The van der Waals surface area contributed by atoms with E-state index in [0.29, 0.717) is 0 Å². The number of amides is 2. The van der Waals surface area contributed by atoms with Crippen molar-refractivity contribution in [2.24, 2.45) is 0 Å². The number of hydrogen-bond acceptors (Lipinski definition) is 3. The van der Waals surface area contributed by atoms with Crippen molar-refractivity contribution in [3.05, 3.63) is 18.5 Å². The molecule has 3 rings (SSSR count). The number of hydrogen-bond donors (Lipinski definition) is 2. The number of carboxylic acids is 1. The Morgan fingerprint density at radius 3 is 2.69 bits per heavy atom. The van der Waals surface area contributed by atoms with Gasteiger partial charge in [0.1, 0.15) is 0 Å². The Hall–Kier alpha value is -2.05. The number of piperidine rings is 1. The van der Waals surface area contributed by atoms with Crippen LogP contribution < -0.4 is 5.32 Å². The zero-order chi connectivity index (χ0) is 18.4. The number of urea groups is 1. The maximum atomic E-state index is 13.0. The van der Waals surface area contributed by atoms with E-state index in [-0.39, 0.29) is 18.5 Å². The molecule has 1 aliphatic heterocycles. The van der Waals surface area contributed by atoms with E-state index < -0.39 is 11.5 Å². The van der Waals surface area contributed by atoms with Crippen LogP contribution in [0.2, 0.25) is 0 Å². The third-order valence-electron chi connectivity index (χ3n) is 5.81. The standard InChI is InChI=1S/C19H30N4O3/c24-17(25)15-19(9-3-1-4-10-19)21-18(26)23-13-5-2-7-16(23)8-14-22-12-6-11-20-22/h6,11-12,16H,1-5,7-10,13-15H2,(H,21,26)(H,24,25)/t16-/m0/s1. The quantitative estimate of drug-likeness (QED) is 0.814. The van der Waals surface area contributed by atoms with E-state index in [2.05, 4.69) is 10.4 Å². The summed E-state index contributed by atoms with van der Waals surface area (Å²) in [5.41, 5.74) is -0.578. The normalized spacial score (nSPS) is 22.8. The van der Waals surface area contributed by atoms with Gasteiger partial charge in [-0.05, 0) is 44.6 Å². The summed E-state index contributed by atoms with van der Waals surface area (Å²) in [5, 5.41) is 16.7. The molecule has 26 heavy (non-hydrogen) atoms. The lowest BCUT2D eigenvalue weighted by Gasteiger charge is -2.42. The molecule has 7 heteroatoms. The molecule has 1 aromatic rings. The number of rotatable bonds is 6. The van der Waals surface area contributed by atoms with Gasteiger partial charge in [0.25, 0.3) is 0 Å². The smallest absolute Gasteiger partial charge is 0.318 e. The first-order valence-corrected chi connectivity index (χ1v) is 9.86. The van der Waals surface area contributed by atoms with E-state index in [1.165, 1.54) is 0 Å². The molecule has 0 unspecified atom stereocenters. The molecule has 2 aliphatic rings. The fourth-order valence-corrected chi connectivity index (χ4v) is 4.44. The van der Waals surface area contributed by atoms with Gasteiger partial charge < -0.3 is 15.3 Å². The molecule has 1 aromatic heterocycles. The highest BCUT2D eigenvalue weighted by molar-refractivity contribution is 5.77. The lowest BCUT2D eigenvalue weighted by Crippen LogP contribution is -2.58. The minimum atomic E-state index is -0.832. The maximum absolute atomic E-state index is 13.0. The molecule has 2 fully saturated rings. The van der Waals surface area contributed by atoms with Crippen LogP contribution in [0.1, 0.15) is 64.2 Å². The zero-order valence-electron chi connectivity index (χ0n) is 15.4. The second-order valence-corrected chi connectivity index (χ2v) is 7.74. The largest absolute Gasteiger partial charge is 0.481 e. The average molecular weight is 362 g/mol. The summed E-state index contributed by atoms with van der Waals surface area (Å²) in [6, 6.07) is 2.01. The number of carbonyl (C=O) groups is 2. The molecule has 7 nitrogen and oxygen atoms in total. The predicted octanol–water partition coefficient (Wildman–Crippen LogP) is 3.01. The Balaban J connectivity index is 1.63. The van der Waals surface area contributed by atoms with Gasteiger partial charge in [-0.3, -0.25) is 9.48 Å². The molecule has 0 bridgehead atoms. The summed E-state index contributed by atoms with van der Waals surface area (Å²) in [6.45, 7) is 1.54. The predicted molar refractivity (Wildman–Crippen MR) is 97.8 cm³/mol. The number of nitrogens with zero attached hydrogens (tertiary/aromatic N) is 3. The van der Waals surface area contributed by atoms with Crippen molar-refractivity contribution < 1.29 is 14.7 Å². The van der Waals surface area contributed by atoms with Crippen LogP contribution in [0.4, 0.5) is 4.79 Å². The van der Waals surface area contributed by atoms with Crippen LogP contribution in [0.25, 0.3) is 0 Å². The number of carboxylic acid groups (broad SMARTS) is 1. The van der Waals surface area contributed by atoms with E-state index in [4.69, 9.17) is 0 Å². The minimum absolute atomic E-state index is 0.0184. The van der Waals surface area contributed by atoms with Crippen LogP contribution in [-0.4, -0.2) is 49.9 Å². The summed E-state index contributed by atoms with van der Waals surface area (Å²) < 4.78 is 1.90. The Bertz CT molecular complexity index is 596. The number of aliphatic carboxylic acids is 1. The summed E-state index contributed by atoms with van der Waals surface area (Å²) in [7, 11) is 0. The van der Waals surface area contributed by atoms with Crippen LogP contribution in [-0.2, 0) is 11.3 Å². The van der Waals surface area contributed by atoms with Crippen molar-refractivity contribution in [1.29, 1.82) is 0 Å². The average Bonchev–Trinajstić information content (AvgIpc) is 3.13. The third-order valence-corrected chi connectivity index (χ3v) is 5.81. The molecule has 0 radical (unpaired) electrons. The highest BCUT2D eigenvalue weighted by Gasteiger charge is 2.38. The fraction of sp³-hybridized carbons (Fsp3) is 0.737. The number of nitrogens with one attached hydrogen (secondary N) is 1. The van der Waals surface area contributed by atoms with E-state index in [1.807, 2.05) is 21.8 Å². The molecule has 2 heterocycles. The molecular formula is C19H30N4O3. The van der Waals surface area contributed by atoms with Crippen molar-refractivity contribution in [3.8, 4) is 0 Å². The third kappa shape index (κ3) is 4.77. The fourth-order valence-electron chi connectivity index (χ4n) is 4.44. The van der Waals surface area contributed by atoms with Crippen molar-refractivity contribution in [2.75, 3.05) is 6.54 Å². The highest BCUT2D eigenvalue weighted by atomic mass is 16.4. The van der Waals surface area contributed by atoms with Crippen LogP contribution in [0, 0.1) is 0 Å². The van der Waals surface area contributed by atoms with E-state index >= 15 is 0 Å². The van der Waals surface area contributed by atoms with Gasteiger partial charge in [-0.1, -0.05) is 19.3 Å². The van der Waals surface area contributed by atoms with Gasteiger partial charge >= 0.3 is 12.0 Å². The van der Waals surface area contributed by atoms with Crippen molar-refractivity contribution in [1.82, 2.24) is 20.0 Å². The van der Waals surface area contributed by atoms with Crippen LogP contribution in [0.3, 0.4) is 0 Å². The molecule has 2 N–H and O–H groups in total. The van der Waals surface area contributed by atoms with Crippen LogP contribution >= 0.6 is 0 Å². The SMILES string of the molecule is O=C(O)CC1(NC(=O)N2CCCC[C@H]2CCn2cccn2)CCCCC1. The van der Waals surface area contributed by atoms with Crippen LogP contribution in [0.5, 0.6) is 0 Å². The number of aromatic nitrogens is 2. The molecule has 0 spiro atoms. The van der Waals surface area contributed by atoms with E-state index in [9.17, 15) is 14.7 Å². The Morgan fingerprint density at radius 2 is 2.00 bits per heavy atom. The summed E-state index contributed by atoms with van der Waals surface area (Å²) >= 11 is 0. The summed E-state index contributed by atoms with van der Waals surface area (Å²) in [6.07, 6.45) is 12.4. The first-order chi connectivity index (χ1) is 12.6. The first-order valence-electron chi connectivity index (χ1n) is 9.86. The summed E-state index contributed by atoms with van der Waals surface area (Å²) in [4.78, 5) is 26.3. The molecule has 144 valence electrons. The topological polar surface area (TPSA) is 87.5 Å². The lowest BCUT2D eigenvalue weighted by molar-refractivity contribution is -0.139. The molecule has 1 atom stereocenters. The number of carbonyl (C=O) groups excluding carboxylic acids is 1. The van der Waals surface area contributed by atoms with Gasteiger partial charge in [0.2, 0.25) is 0 Å². The maximum Gasteiger partial charge on any atom is 0.318 e. The summed E-state index contributed by atoms with van der Waals surface area (Å²) in [5.74, 6) is -0.832. The van der Waals surface area contributed by atoms with E-state index in [0.717, 1.165) is 70.9 Å². The lowest BCUT2D eigenvalue weighted by atomic mass is 9.79. The van der Waals surface area contributed by atoms with Gasteiger partial charge in [-0.25, -0.2) is 4.79 Å². The van der Waals surface area contributed by atoms with Gasteiger partial charge in [0.05, 0.1) is 12.0 Å². The van der Waals surface area contributed by atoms with Crippen molar-refractivity contribution in [3.63, 3.8) is 0 Å². The van der Waals surface area contributed by atoms with Crippen molar-refractivity contribution in [2.45, 2.75) is 82.3 Å². The number of aryl methyl sites for hydroxylation is 1. The second-order valence-electron chi connectivity index (χ2n) is 7.74. The molecule has 1 aliphatic carbocycles. The monoisotopic (exact) mass is 362 g/mol. The zero-order valence-corrected chi connectivity index (χ0v) is 15.4. The Morgan fingerprint density at radius 1 is 1.19 bits per heavy atom. The van der Waals surface area contributed by atoms with E-state index in [1.54, 1.807) is 6.20 Å². The Labute approximate surface area is 154 Å². The molecule has 1 saturated carbocycles. The van der Waals surface area contributed by atoms with Gasteiger partial charge in [-0.2, -0.15) is 5.10 Å². The van der Waals surface area contributed by atoms with Gasteiger partial charge in [0, 0.05) is 31.5 Å². The Kier molecular flexibility index (Phi) is 6.16. The number of likely N-dealkylation sites (tertiary alicyclic amines) is 1. The second kappa shape index (κ2) is 8.56. The van der Waals surface area contributed by atoms with Gasteiger partial charge in [-0.15, -0.1) is 0 Å². The van der Waals surface area contributed by atoms with Crippen LogP contribution in [0.15, 0.2) is 18.5 Å². The minimum Gasteiger partial charge on any atom is -0.481 e. The first kappa shape index (κ1) is 18.7.